The Labute approximate surface area is 205 Å². The highest BCUT2D eigenvalue weighted by atomic mass is 16.5. The number of ether oxygens (including phenoxy) is 1. The molecule has 0 aliphatic carbocycles. The molecular weight excluding hydrogens is 444 g/mol. The number of benzene rings is 2. The molecule has 2 amide bonds. The SMILES string of the molecule is CCCCN(CC(=O)Nc1cc(-c2ccccc2)nn1-c1ccccc1)C(=O)CCC(=O)OCC. The maximum atomic E-state index is 13.0. The van der Waals surface area contributed by atoms with Crippen molar-refractivity contribution in [1.82, 2.24) is 14.7 Å². The van der Waals surface area contributed by atoms with Gasteiger partial charge >= 0.3 is 5.97 Å². The average molecular weight is 477 g/mol. The number of esters is 1. The zero-order valence-electron chi connectivity index (χ0n) is 20.3. The van der Waals surface area contributed by atoms with Crippen LogP contribution in [0.4, 0.5) is 5.82 Å². The third kappa shape index (κ3) is 7.53. The first-order valence-electron chi connectivity index (χ1n) is 12.0. The Morgan fingerprint density at radius 3 is 2.31 bits per heavy atom. The molecule has 0 radical (unpaired) electrons. The maximum Gasteiger partial charge on any atom is 0.306 e. The molecule has 1 N–H and O–H groups in total. The normalized spacial score (nSPS) is 10.6. The van der Waals surface area contributed by atoms with Gasteiger partial charge in [0.15, 0.2) is 0 Å². The van der Waals surface area contributed by atoms with Crippen molar-refractivity contribution in [3.8, 4) is 16.9 Å². The molecule has 0 saturated carbocycles. The molecule has 1 aromatic heterocycles. The van der Waals surface area contributed by atoms with Crippen LogP contribution in [0.15, 0.2) is 66.7 Å². The topological polar surface area (TPSA) is 93.5 Å². The van der Waals surface area contributed by atoms with E-state index >= 15 is 0 Å². The van der Waals surface area contributed by atoms with Gasteiger partial charge in [-0.1, -0.05) is 61.9 Å². The van der Waals surface area contributed by atoms with Crippen LogP contribution in [-0.4, -0.2) is 52.2 Å². The number of unbranched alkanes of at least 4 members (excludes halogenated alkanes) is 1. The number of amides is 2. The molecule has 0 spiro atoms. The van der Waals surface area contributed by atoms with E-state index in [0.717, 1.165) is 29.8 Å². The van der Waals surface area contributed by atoms with Gasteiger partial charge in [0.25, 0.3) is 0 Å². The number of hydrogen-bond acceptors (Lipinski definition) is 5. The standard InChI is InChI=1S/C27H32N4O4/c1-3-5-18-30(26(33)16-17-27(34)35-4-2)20-25(32)28-24-19-23(21-12-8-6-9-13-21)29-31(24)22-14-10-7-11-15-22/h6-15,19H,3-5,16-18,20H2,1-2H3,(H,28,32). The minimum absolute atomic E-state index is 0.00185. The Kier molecular flexibility index (Phi) is 9.59. The molecular formula is C27H32N4O4. The molecule has 3 rings (SSSR count). The number of anilines is 1. The summed E-state index contributed by atoms with van der Waals surface area (Å²) in [6, 6.07) is 21.1. The summed E-state index contributed by atoms with van der Waals surface area (Å²) in [5.74, 6) is -0.485. The molecule has 0 unspecified atom stereocenters. The number of carbonyl (C=O) groups is 3. The molecule has 0 bridgehead atoms. The number of carbonyl (C=O) groups excluding carboxylic acids is 3. The molecule has 0 fully saturated rings. The van der Waals surface area contributed by atoms with Crippen molar-refractivity contribution >= 4 is 23.6 Å². The van der Waals surface area contributed by atoms with E-state index in [9.17, 15) is 14.4 Å². The van der Waals surface area contributed by atoms with Crippen LogP contribution in [0.3, 0.4) is 0 Å². The van der Waals surface area contributed by atoms with Crippen molar-refractivity contribution in [1.29, 1.82) is 0 Å². The van der Waals surface area contributed by atoms with E-state index in [-0.39, 0.29) is 37.8 Å². The fourth-order valence-electron chi connectivity index (χ4n) is 3.58. The lowest BCUT2D eigenvalue weighted by Crippen LogP contribution is -2.39. The second kappa shape index (κ2) is 13.1. The van der Waals surface area contributed by atoms with E-state index in [1.807, 2.05) is 73.7 Å². The van der Waals surface area contributed by atoms with Crippen molar-refractivity contribution in [2.24, 2.45) is 0 Å². The van der Waals surface area contributed by atoms with Crippen molar-refractivity contribution in [2.75, 3.05) is 25.0 Å². The van der Waals surface area contributed by atoms with Gasteiger partial charge in [0.2, 0.25) is 11.8 Å². The fraction of sp³-hybridized carbons (Fsp3) is 0.333. The summed E-state index contributed by atoms with van der Waals surface area (Å²) < 4.78 is 6.59. The lowest BCUT2D eigenvalue weighted by molar-refractivity contribution is -0.145. The number of para-hydroxylation sites is 1. The van der Waals surface area contributed by atoms with E-state index in [2.05, 4.69) is 5.32 Å². The largest absolute Gasteiger partial charge is 0.466 e. The van der Waals surface area contributed by atoms with Crippen LogP contribution in [0.1, 0.15) is 39.5 Å². The lowest BCUT2D eigenvalue weighted by Gasteiger charge is -2.22. The summed E-state index contributed by atoms with van der Waals surface area (Å²) in [5, 5.41) is 7.63. The van der Waals surface area contributed by atoms with E-state index in [1.165, 1.54) is 4.90 Å². The van der Waals surface area contributed by atoms with E-state index in [4.69, 9.17) is 9.84 Å². The van der Waals surface area contributed by atoms with Crippen LogP contribution >= 0.6 is 0 Å². The van der Waals surface area contributed by atoms with Gasteiger partial charge in [0.1, 0.15) is 5.82 Å². The van der Waals surface area contributed by atoms with Crippen LogP contribution in [-0.2, 0) is 19.1 Å². The smallest absolute Gasteiger partial charge is 0.306 e. The molecule has 0 saturated heterocycles. The van der Waals surface area contributed by atoms with Crippen molar-refractivity contribution < 1.29 is 19.1 Å². The molecule has 0 aliphatic rings. The second-order valence-electron chi connectivity index (χ2n) is 8.05. The van der Waals surface area contributed by atoms with Crippen molar-refractivity contribution in [2.45, 2.75) is 39.5 Å². The van der Waals surface area contributed by atoms with Crippen LogP contribution in [0.5, 0.6) is 0 Å². The highest BCUT2D eigenvalue weighted by molar-refractivity contribution is 5.95. The summed E-state index contributed by atoms with van der Waals surface area (Å²) in [6.07, 6.45) is 1.65. The first-order valence-corrected chi connectivity index (χ1v) is 12.0. The van der Waals surface area contributed by atoms with Gasteiger partial charge in [0.05, 0.1) is 31.0 Å². The Balaban J connectivity index is 1.77. The molecule has 0 aliphatic heterocycles. The number of aromatic nitrogens is 2. The molecule has 0 atom stereocenters. The van der Waals surface area contributed by atoms with E-state index in [1.54, 1.807) is 11.6 Å². The summed E-state index contributed by atoms with van der Waals surface area (Å²) in [5.41, 5.74) is 2.45. The Hall–Kier alpha value is -3.94. The number of hydrogen-bond donors (Lipinski definition) is 1. The molecule has 8 nitrogen and oxygen atoms in total. The van der Waals surface area contributed by atoms with Gasteiger partial charge in [-0.05, 0) is 25.5 Å². The van der Waals surface area contributed by atoms with Gasteiger partial charge in [0, 0.05) is 24.6 Å². The molecule has 8 heteroatoms. The number of nitrogens with zero attached hydrogens (tertiary/aromatic N) is 3. The first kappa shape index (κ1) is 25.7. The third-order valence-corrected chi connectivity index (χ3v) is 5.36. The number of nitrogens with one attached hydrogen (secondary N) is 1. The Morgan fingerprint density at radius 2 is 1.66 bits per heavy atom. The molecule has 35 heavy (non-hydrogen) atoms. The first-order chi connectivity index (χ1) is 17.0. The molecule has 1 heterocycles. The monoisotopic (exact) mass is 476 g/mol. The Bertz CT molecular complexity index is 1110. The maximum absolute atomic E-state index is 13.0. The average Bonchev–Trinajstić information content (AvgIpc) is 3.30. The summed E-state index contributed by atoms with van der Waals surface area (Å²) in [7, 11) is 0. The van der Waals surface area contributed by atoms with Gasteiger partial charge in [-0.25, -0.2) is 4.68 Å². The molecule has 184 valence electrons. The highest BCUT2D eigenvalue weighted by Gasteiger charge is 2.20. The minimum Gasteiger partial charge on any atom is -0.466 e. The predicted octanol–water partition coefficient (Wildman–Crippen LogP) is 4.45. The van der Waals surface area contributed by atoms with Crippen LogP contribution < -0.4 is 5.32 Å². The van der Waals surface area contributed by atoms with Gasteiger partial charge < -0.3 is 15.0 Å². The highest BCUT2D eigenvalue weighted by Crippen LogP contribution is 2.24. The van der Waals surface area contributed by atoms with E-state index in [0.29, 0.717) is 12.4 Å². The van der Waals surface area contributed by atoms with Crippen LogP contribution in [0.25, 0.3) is 16.9 Å². The van der Waals surface area contributed by atoms with Crippen LogP contribution in [0, 0.1) is 0 Å². The second-order valence-corrected chi connectivity index (χ2v) is 8.05. The summed E-state index contributed by atoms with van der Waals surface area (Å²) in [6.45, 7) is 4.35. The summed E-state index contributed by atoms with van der Waals surface area (Å²) >= 11 is 0. The van der Waals surface area contributed by atoms with Gasteiger partial charge in [-0.15, -0.1) is 0 Å². The zero-order valence-corrected chi connectivity index (χ0v) is 20.3. The van der Waals surface area contributed by atoms with Crippen molar-refractivity contribution in [3.63, 3.8) is 0 Å². The Morgan fingerprint density at radius 1 is 0.971 bits per heavy atom. The fourth-order valence-corrected chi connectivity index (χ4v) is 3.58. The lowest BCUT2D eigenvalue weighted by atomic mass is 10.1. The van der Waals surface area contributed by atoms with Crippen molar-refractivity contribution in [3.05, 3.63) is 66.7 Å². The summed E-state index contributed by atoms with van der Waals surface area (Å²) in [4.78, 5) is 38.9. The quantitative estimate of drug-likeness (QED) is 0.390. The minimum atomic E-state index is -0.416. The van der Waals surface area contributed by atoms with Gasteiger partial charge in [-0.2, -0.15) is 5.10 Å². The predicted molar refractivity (Wildman–Crippen MR) is 135 cm³/mol. The molecule has 3 aromatic rings. The van der Waals surface area contributed by atoms with E-state index < -0.39 is 5.97 Å². The van der Waals surface area contributed by atoms with Gasteiger partial charge in [-0.3, -0.25) is 14.4 Å². The third-order valence-electron chi connectivity index (χ3n) is 5.36. The molecule has 2 aromatic carbocycles. The number of rotatable bonds is 12. The van der Waals surface area contributed by atoms with Crippen LogP contribution in [0.2, 0.25) is 0 Å². The zero-order chi connectivity index (χ0) is 25.0.